The summed E-state index contributed by atoms with van der Waals surface area (Å²) in [6, 6.07) is 6.13. The summed E-state index contributed by atoms with van der Waals surface area (Å²) in [4.78, 5) is 17.7. The fourth-order valence-electron chi connectivity index (χ4n) is 2.40. The number of anilines is 2. The van der Waals surface area contributed by atoms with E-state index in [2.05, 4.69) is 21.7 Å². The minimum Gasteiger partial charge on any atom is -0.354 e. The molecule has 2 N–H and O–H groups in total. The van der Waals surface area contributed by atoms with Crippen LogP contribution in [0.2, 0.25) is 0 Å². The van der Waals surface area contributed by atoms with Crippen LogP contribution in [0.5, 0.6) is 0 Å². The van der Waals surface area contributed by atoms with E-state index >= 15 is 0 Å². The van der Waals surface area contributed by atoms with Crippen LogP contribution in [0.3, 0.4) is 0 Å². The number of benzene rings is 1. The number of fused-ring (bicyclic) bond motifs is 1. The molecular formula is C13H16N4O. The molecule has 5 heteroatoms. The Kier molecular flexibility index (Phi) is 2.66. The van der Waals surface area contributed by atoms with Crippen LogP contribution >= 0.6 is 0 Å². The van der Waals surface area contributed by atoms with Crippen LogP contribution in [0, 0.1) is 0 Å². The number of carbonyl (C=O) groups excluding carboxylic acids is 1. The van der Waals surface area contributed by atoms with Crippen molar-refractivity contribution in [2.45, 2.75) is 13.3 Å². The molecule has 2 heterocycles. The van der Waals surface area contributed by atoms with Crippen molar-refractivity contribution in [3.63, 3.8) is 0 Å². The number of amides is 1. The Morgan fingerprint density at radius 3 is 3.11 bits per heavy atom. The topological polar surface area (TPSA) is 56.7 Å². The quantitative estimate of drug-likeness (QED) is 0.774. The zero-order valence-corrected chi connectivity index (χ0v) is 10.4. The summed E-state index contributed by atoms with van der Waals surface area (Å²) >= 11 is 0. The molecule has 0 fully saturated rings. The van der Waals surface area contributed by atoms with Gasteiger partial charge in [-0.05, 0) is 24.1 Å². The average Bonchev–Trinajstić information content (AvgIpc) is 2.97. The lowest BCUT2D eigenvalue weighted by molar-refractivity contribution is -0.116. The molecule has 2 aliphatic rings. The zero-order valence-electron chi connectivity index (χ0n) is 10.4. The van der Waals surface area contributed by atoms with Gasteiger partial charge in [0.25, 0.3) is 0 Å². The van der Waals surface area contributed by atoms with E-state index in [0.717, 1.165) is 43.4 Å². The molecule has 2 aliphatic heterocycles. The van der Waals surface area contributed by atoms with Crippen LogP contribution in [0.15, 0.2) is 23.2 Å². The molecule has 1 aromatic carbocycles. The maximum atomic E-state index is 11.5. The third-order valence-electron chi connectivity index (χ3n) is 3.30. The summed E-state index contributed by atoms with van der Waals surface area (Å²) in [6.07, 6.45) is 0.939. The summed E-state index contributed by atoms with van der Waals surface area (Å²) < 4.78 is 0. The van der Waals surface area contributed by atoms with E-state index in [0.29, 0.717) is 0 Å². The molecule has 5 nitrogen and oxygen atoms in total. The summed E-state index contributed by atoms with van der Waals surface area (Å²) in [5.41, 5.74) is 3.22. The predicted molar refractivity (Wildman–Crippen MR) is 72.1 cm³/mol. The fourth-order valence-corrected chi connectivity index (χ4v) is 2.40. The molecule has 18 heavy (non-hydrogen) atoms. The van der Waals surface area contributed by atoms with E-state index in [1.165, 1.54) is 5.56 Å². The molecule has 1 aromatic rings. The minimum absolute atomic E-state index is 0.0993. The van der Waals surface area contributed by atoms with Crippen molar-refractivity contribution in [1.29, 1.82) is 0 Å². The number of guanidine groups is 1. The second-order valence-electron chi connectivity index (χ2n) is 4.55. The lowest BCUT2D eigenvalue weighted by Crippen LogP contribution is -2.27. The molecule has 0 atom stereocenters. The van der Waals surface area contributed by atoms with E-state index in [1.54, 1.807) is 6.92 Å². The van der Waals surface area contributed by atoms with Crippen LogP contribution in [0.4, 0.5) is 11.4 Å². The highest BCUT2D eigenvalue weighted by molar-refractivity contribution is 5.97. The van der Waals surface area contributed by atoms with Gasteiger partial charge in [0.05, 0.1) is 6.54 Å². The maximum absolute atomic E-state index is 11.5. The Hall–Kier alpha value is -2.04. The summed E-state index contributed by atoms with van der Waals surface area (Å²) in [7, 11) is 0. The highest BCUT2D eigenvalue weighted by Gasteiger charge is 2.22. The van der Waals surface area contributed by atoms with Crippen molar-refractivity contribution in [3.8, 4) is 0 Å². The van der Waals surface area contributed by atoms with Gasteiger partial charge in [0, 0.05) is 31.4 Å². The van der Waals surface area contributed by atoms with Crippen LogP contribution in [0.1, 0.15) is 12.5 Å². The average molecular weight is 244 g/mol. The first kappa shape index (κ1) is 11.1. The Morgan fingerprint density at radius 2 is 2.39 bits per heavy atom. The highest BCUT2D eigenvalue weighted by atomic mass is 16.2. The molecule has 0 unspecified atom stereocenters. The second kappa shape index (κ2) is 4.33. The van der Waals surface area contributed by atoms with Crippen molar-refractivity contribution in [2.24, 2.45) is 4.99 Å². The molecule has 0 bridgehead atoms. The molecule has 1 amide bonds. The molecule has 94 valence electrons. The van der Waals surface area contributed by atoms with Crippen molar-refractivity contribution >= 4 is 23.2 Å². The number of aliphatic imine (C=N–C) groups is 1. The molecular weight excluding hydrogens is 228 g/mol. The zero-order chi connectivity index (χ0) is 12.5. The van der Waals surface area contributed by atoms with Gasteiger partial charge in [-0.15, -0.1) is 0 Å². The van der Waals surface area contributed by atoms with Crippen molar-refractivity contribution < 1.29 is 4.79 Å². The van der Waals surface area contributed by atoms with E-state index in [9.17, 15) is 4.79 Å². The number of rotatable bonds is 1. The number of nitrogens with zero attached hydrogens (tertiary/aromatic N) is 2. The van der Waals surface area contributed by atoms with E-state index in [4.69, 9.17) is 0 Å². The smallest absolute Gasteiger partial charge is 0.223 e. The Balaban J connectivity index is 1.85. The Morgan fingerprint density at radius 1 is 1.50 bits per heavy atom. The standard InChI is InChI=1S/C13H16N4O/c1-9(18)17-7-4-10-2-3-11(8-12(10)17)16-13-14-5-6-15-13/h2-3,8H,4-7H2,1H3,(H2,14,15,16). The molecule has 0 aliphatic carbocycles. The van der Waals surface area contributed by atoms with Gasteiger partial charge in [-0.3, -0.25) is 9.79 Å². The number of hydrogen-bond acceptors (Lipinski definition) is 4. The van der Waals surface area contributed by atoms with Gasteiger partial charge in [0.15, 0.2) is 5.96 Å². The highest BCUT2D eigenvalue weighted by Crippen LogP contribution is 2.30. The first-order chi connectivity index (χ1) is 8.74. The van der Waals surface area contributed by atoms with Gasteiger partial charge < -0.3 is 15.5 Å². The molecule has 3 rings (SSSR count). The number of nitrogens with one attached hydrogen (secondary N) is 2. The Labute approximate surface area is 106 Å². The lowest BCUT2D eigenvalue weighted by atomic mass is 10.1. The molecule has 0 radical (unpaired) electrons. The summed E-state index contributed by atoms with van der Waals surface area (Å²) in [5.74, 6) is 0.907. The van der Waals surface area contributed by atoms with Crippen LogP contribution < -0.4 is 15.5 Å². The van der Waals surface area contributed by atoms with Crippen LogP contribution in [-0.2, 0) is 11.2 Å². The van der Waals surface area contributed by atoms with Gasteiger partial charge in [0.2, 0.25) is 5.91 Å². The van der Waals surface area contributed by atoms with Gasteiger partial charge in [-0.25, -0.2) is 0 Å². The first-order valence-corrected chi connectivity index (χ1v) is 6.20. The lowest BCUT2D eigenvalue weighted by Gasteiger charge is -2.16. The number of hydrogen-bond donors (Lipinski definition) is 2. The molecule has 0 saturated carbocycles. The van der Waals surface area contributed by atoms with E-state index in [-0.39, 0.29) is 5.91 Å². The first-order valence-electron chi connectivity index (χ1n) is 6.20. The van der Waals surface area contributed by atoms with Crippen molar-refractivity contribution in [2.75, 3.05) is 29.9 Å². The fraction of sp³-hybridized carbons (Fsp3) is 0.385. The van der Waals surface area contributed by atoms with Gasteiger partial charge >= 0.3 is 0 Å². The van der Waals surface area contributed by atoms with Crippen LogP contribution in [-0.4, -0.2) is 31.5 Å². The normalized spacial score (nSPS) is 17.2. The van der Waals surface area contributed by atoms with E-state index in [1.807, 2.05) is 17.0 Å². The maximum Gasteiger partial charge on any atom is 0.223 e. The summed E-state index contributed by atoms with van der Waals surface area (Å²) in [6.45, 7) is 4.09. The van der Waals surface area contributed by atoms with Crippen LogP contribution in [0.25, 0.3) is 0 Å². The third kappa shape index (κ3) is 1.92. The largest absolute Gasteiger partial charge is 0.354 e. The second-order valence-corrected chi connectivity index (χ2v) is 4.55. The molecule has 0 spiro atoms. The minimum atomic E-state index is 0.0993. The molecule has 0 aromatic heterocycles. The SMILES string of the molecule is CC(=O)N1CCc2ccc(NC3=NCCN3)cc21. The summed E-state index contributed by atoms with van der Waals surface area (Å²) in [5, 5.41) is 6.40. The third-order valence-corrected chi connectivity index (χ3v) is 3.30. The monoisotopic (exact) mass is 244 g/mol. The van der Waals surface area contributed by atoms with Crippen molar-refractivity contribution in [1.82, 2.24) is 5.32 Å². The van der Waals surface area contributed by atoms with E-state index < -0.39 is 0 Å². The van der Waals surface area contributed by atoms with Crippen molar-refractivity contribution in [3.05, 3.63) is 23.8 Å². The Bertz CT molecular complexity index is 524. The number of carbonyl (C=O) groups is 1. The predicted octanol–water partition coefficient (Wildman–Crippen LogP) is 0.967. The van der Waals surface area contributed by atoms with Gasteiger partial charge in [-0.1, -0.05) is 6.07 Å². The molecule has 0 saturated heterocycles. The van der Waals surface area contributed by atoms with Gasteiger partial charge in [0.1, 0.15) is 0 Å². The van der Waals surface area contributed by atoms with Gasteiger partial charge in [-0.2, -0.15) is 0 Å².